The van der Waals surface area contributed by atoms with Crippen molar-refractivity contribution in [2.45, 2.75) is 32.4 Å². The predicted molar refractivity (Wildman–Crippen MR) is 95.9 cm³/mol. The lowest BCUT2D eigenvalue weighted by atomic mass is 10.1. The van der Waals surface area contributed by atoms with E-state index in [-0.39, 0.29) is 25.7 Å². The van der Waals surface area contributed by atoms with Gasteiger partial charge < -0.3 is 30.1 Å². The first-order valence-electron chi connectivity index (χ1n) is 8.80. The average molecular weight is 391 g/mol. The molecule has 28 heavy (non-hydrogen) atoms. The molecule has 0 radical (unpaired) electrons. The minimum absolute atomic E-state index is 0.0140. The number of carbonyl (C=O) groups is 4. The first kappa shape index (κ1) is 19.5. The minimum Gasteiger partial charge on any atom is -0.480 e. The number of nitrogens with zero attached hydrogens (tertiary/aromatic N) is 1. The Balaban J connectivity index is 1.59. The summed E-state index contributed by atoms with van der Waals surface area (Å²) in [7, 11) is 0. The van der Waals surface area contributed by atoms with Crippen LogP contribution in [0.3, 0.4) is 0 Å². The van der Waals surface area contributed by atoms with Crippen molar-refractivity contribution in [3.05, 3.63) is 18.2 Å². The second kappa shape index (κ2) is 7.75. The maximum absolute atomic E-state index is 12.5. The minimum atomic E-state index is -1.17. The Hall–Kier alpha value is -3.30. The molecule has 3 unspecified atom stereocenters. The molecule has 150 valence electrons. The number of fused-ring (bicyclic) bond motifs is 1. The second-order valence-corrected chi connectivity index (χ2v) is 6.74. The summed E-state index contributed by atoms with van der Waals surface area (Å²) in [6.07, 6.45) is 0.0140. The van der Waals surface area contributed by atoms with Crippen LogP contribution in [0.1, 0.15) is 20.3 Å². The molecule has 0 aliphatic carbocycles. The van der Waals surface area contributed by atoms with E-state index in [1.54, 1.807) is 18.2 Å². The van der Waals surface area contributed by atoms with Gasteiger partial charge in [0.25, 0.3) is 0 Å². The topological polar surface area (TPSA) is 134 Å². The molecule has 2 aliphatic rings. The third kappa shape index (κ3) is 4.00. The first-order valence-corrected chi connectivity index (χ1v) is 8.80. The number of aliphatic carboxylic acids is 1. The molecule has 1 aromatic carbocycles. The third-order valence-electron chi connectivity index (χ3n) is 4.64. The van der Waals surface area contributed by atoms with Crippen LogP contribution in [0.5, 0.6) is 11.5 Å². The van der Waals surface area contributed by atoms with Gasteiger partial charge in [-0.1, -0.05) is 0 Å². The molecule has 0 aromatic heterocycles. The molecule has 10 heteroatoms. The van der Waals surface area contributed by atoms with Crippen molar-refractivity contribution in [3.8, 4) is 11.5 Å². The summed E-state index contributed by atoms with van der Waals surface area (Å²) in [4.78, 5) is 49.1. The summed E-state index contributed by atoms with van der Waals surface area (Å²) < 4.78 is 10.6. The predicted octanol–water partition coefficient (Wildman–Crippen LogP) is -0.138. The SMILES string of the molecule is CC(NC(=O)C(C)NC(=O)C1CC(=O)N(c2ccc3c(c2)OCO3)C1)C(=O)O. The van der Waals surface area contributed by atoms with Gasteiger partial charge in [0.05, 0.1) is 5.92 Å². The van der Waals surface area contributed by atoms with Gasteiger partial charge in [0.15, 0.2) is 11.5 Å². The van der Waals surface area contributed by atoms with Gasteiger partial charge in [0.1, 0.15) is 12.1 Å². The van der Waals surface area contributed by atoms with Crippen molar-refractivity contribution in [1.82, 2.24) is 10.6 Å². The lowest BCUT2D eigenvalue weighted by Crippen LogP contribution is -2.50. The van der Waals surface area contributed by atoms with E-state index in [9.17, 15) is 19.2 Å². The zero-order valence-corrected chi connectivity index (χ0v) is 15.4. The Morgan fingerprint density at radius 3 is 2.57 bits per heavy atom. The fourth-order valence-electron chi connectivity index (χ4n) is 2.98. The summed E-state index contributed by atoms with van der Waals surface area (Å²) in [6.45, 7) is 3.07. The van der Waals surface area contributed by atoms with E-state index in [0.717, 1.165) is 0 Å². The van der Waals surface area contributed by atoms with Crippen LogP contribution in [0.2, 0.25) is 0 Å². The van der Waals surface area contributed by atoms with Gasteiger partial charge in [-0.25, -0.2) is 0 Å². The van der Waals surface area contributed by atoms with Crippen molar-refractivity contribution in [2.75, 3.05) is 18.2 Å². The van der Waals surface area contributed by atoms with Gasteiger partial charge in [0, 0.05) is 24.7 Å². The molecule has 3 rings (SSSR count). The standard InChI is InChI=1S/C18H21N3O7/c1-9(16(23)20-10(2)18(25)26)19-17(24)11-5-15(22)21(7-11)12-3-4-13-14(6-12)28-8-27-13/h3-4,6,9-11H,5,7-8H2,1-2H3,(H,19,24)(H,20,23)(H,25,26). The number of hydrogen-bond donors (Lipinski definition) is 3. The smallest absolute Gasteiger partial charge is 0.325 e. The number of carboxylic acid groups (broad SMARTS) is 1. The van der Waals surface area contributed by atoms with Crippen LogP contribution in [0.4, 0.5) is 5.69 Å². The van der Waals surface area contributed by atoms with Gasteiger partial charge in [-0.3, -0.25) is 19.2 Å². The first-order chi connectivity index (χ1) is 13.3. The molecule has 0 spiro atoms. The van der Waals surface area contributed by atoms with Gasteiger partial charge in [0.2, 0.25) is 24.5 Å². The maximum Gasteiger partial charge on any atom is 0.325 e. The fourth-order valence-corrected chi connectivity index (χ4v) is 2.98. The highest BCUT2D eigenvalue weighted by Gasteiger charge is 2.36. The fraction of sp³-hybridized carbons (Fsp3) is 0.444. The van der Waals surface area contributed by atoms with Crippen LogP contribution in [0, 0.1) is 5.92 Å². The lowest BCUT2D eigenvalue weighted by Gasteiger charge is -2.19. The van der Waals surface area contributed by atoms with Crippen molar-refractivity contribution in [1.29, 1.82) is 0 Å². The summed E-state index contributed by atoms with van der Waals surface area (Å²) in [6, 6.07) is 3.11. The third-order valence-corrected chi connectivity index (χ3v) is 4.64. The molecular weight excluding hydrogens is 370 g/mol. The average Bonchev–Trinajstić information content (AvgIpc) is 3.26. The largest absolute Gasteiger partial charge is 0.480 e. The number of nitrogens with one attached hydrogen (secondary N) is 2. The highest BCUT2D eigenvalue weighted by molar-refractivity contribution is 6.01. The molecule has 0 saturated carbocycles. The number of amides is 3. The summed E-state index contributed by atoms with van der Waals surface area (Å²) >= 11 is 0. The van der Waals surface area contributed by atoms with Crippen LogP contribution in [0.25, 0.3) is 0 Å². The highest BCUT2D eigenvalue weighted by Crippen LogP contribution is 2.37. The van der Waals surface area contributed by atoms with Crippen molar-refractivity contribution in [3.63, 3.8) is 0 Å². The van der Waals surface area contributed by atoms with Crippen molar-refractivity contribution < 1.29 is 33.8 Å². The van der Waals surface area contributed by atoms with Gasteiger partial charge in [-0.2, -0.15) is 0 Å². The van der Waals surface area contributed by atoms with Crippen LogP contribution < -0.4 is 25.0 Å². The van der Waals surface area contributed by atoms with E-state index in [4.69, 9.17) is 14.6 Å². The van der Waals surface area contributed by atoms with Gasteiger partial charge in [-0.15, -0.1) is 0 Å². The van der Waals surface area contributed by atoms with E-state index in [1.165, 1.54) is 18.7 Å². The van der Waals surface area contributed by atoms with E-state index in [1.807, 2.05) is 0 Å². The number of hydrogen-bond acceptors (Lipinski definition) is 6. The van der Waals surface area contributed by atoms with Crippen LogP contribution in [-0.2, 0) is 19.2 Å². The summed E-state index contributed by atoms with van der Waals surface area (Å²) in [5, 5.41) is 13.6. The zero-order chi connectivity index (χ0) is 20.4. The van der Waals surface area contributed by atoms with E-state index < -0.39 is 35.8 Å². The second-order valence-electron chi connectivity index (χ2n) is 6.74. The van der Waals surface area contributed by atoms with Crippen molar-refractivity contribution in [2.24, 2.45) is 5.92 Å². The number of carbonyl (C=O) groups excluding carboxylic acids is 3. The molecule has 2 aliphatic heterocycles. The van der Waals surface area contributed by atoms with Crippen molar-refractivity contribution >= 4 is 29.4 Å². The number of ether oxygens (including phenoxy) is 2. The molecule has 2 heterocycles. The number of carboxylic acids is 1. The number of rotatable bonds is 6. The molecule has 1 aromatic rings. The molecular formula is C18H21N3O7. The summed E-state index contributed by atoms with van der Waals surface area (Å²) in [5.41, 5.74) is 0.602. The zero-order valence-electron chi connectivity index (χ0n) is 15.4. The van der Waals surface area contributed by atoms with Crippen LogP contribution in [0.15, 0.2) is 18.2 Å². The number of benzene rings is 1. The normalized spacial score (nSPS) is 19.9. The molecule has 3 amide bonds. The van der Waals surface area contributed by atoms with Crippen LogP contribution >= 0.6 is 0 Å². The Labute approximate surface area is 160 Å². The quantitative estimate of drug-likeness (QED) is 0.614. The van der Waals surface area contributed by atoms with E-state index in [2.05, 4.69) is 10.6 Å². The molecule has 10 nitrogen and oxygen atoms in total. The Bertz CT molecular complexity index is 825. The van der Waals surface area contributed by atoms with Gasteiger partial charge in [-0.05, 0) is 26.0 Å². The Morgan fingerprint density at radius 2 is 1.86 bits per heavy atom. The van der Waals surface area contributed by atoms with Gasteiger partial charge >= 0.3 is 5.97 Å². The van der Waals surface area contributed by atoms with Crippen LogP contribution in [-0.4, -0.2) is 54.2 Å². The molecule has 1 saturated heterocycles. The molecule has 1 fully saturated rings. The van der Waals surface area contributed by atoms with E-state index in [0.29, 0.717) is 17.2 Å². The lowest BCUT2D eigenvalue weighted by molar-refractivity contribution is -0.141. The monoisotopic (exact) mass is 391 g/mol. The Morgan fingerprint density at radius 1 is 1.14 bits per heavy atom. The molecule has 0 bridgehead atoms. The Kier molecular flexibility index (Phi) is 5.39. The maximum atomic E-state index is 12.5. The molecule has 3 atom stereocenters. The molecule has 3 N–H and O–H groups in total. The summed E-state index contributed by atoms with van der Waals surface area (Å²) in [5.74, 6) is -1.92. The van der Waals surface area contributed by atoms with E-state index >= 15 is 0 Å². The highest BCUT2D eigenvalue weighted by atomic mass is 16.7. The number of anilines is 1.